The largest absolute Gasteiger partial charge is 0.379 e. The Bertz CT molecular complexity index is 382. The van der Waals surface area contributed by atoms with Gasteiger partial charge in [0.2, 0.25) is 0 Å². The molecule has 1 aromatic carbocycles. The van der Waals surface area contributed by atoms with Gasteiger partial charge in [-0.3, -0.25) is 0 Å². The number of methoxy groups -OCH3 is 1. The molecule has 0 saturated heterocycles. The number of ether oxygens (including phenoxy) is 1. The molecular weight excluding hydrogens is 302 g/mol. The summed E-state index contributed by atoms with van der Waals surface area (Å²) in [4.78, 5) is 0. The standard InChI is InChI=1S/C13H19BrClNO/c1-13(2,17-3)8-7-11(16)9-5-4-6-10(14)12(9)15/h4-6,11H,7-8,16H2,1-3H3. The van der Waals surface area contributed by atoms with E-state index in [-0.39, 0.29) is 11.6 Å². The van der Waals surface area contributed by atoms with Crippen LogP contribution in [-0.4, -0.2) is 12.7 Å². The van der Waals surface area contributed by atoms with Gasteiger partial charge in [-0.25, -0.2) is 0 Å². The second-order valence-electron chi connectivity index (χ2n) is 4.75. The second kappa shape index (κ2) is 6.19. The number of hydrogen-bond acceptors (Lipinski definition) is 2. The Morgan fingerprint density at radius 1 is 1.47 bits per heavy atom. The monoisotopic (exact) mass is 319 g/mol. The third-order valence-corrected chi connectivity index (χ3v) is 4.30. The molecule has 0 amide bonds. The van der Waals surface area contributed by atoms with Crippen LogP contribution < -0.4 is 5.73 Å². The van der Waals surface area contributed by atoms with Gasteiger partial charge in [0, 0.05) is 17.6 Å². The van der Waals surface area contributed by atoms with E-state index < -0.39 is 0 Å². The molecule has 0 bridgehead atoms. The number of rotatable bonds is 5. The predicted octanol–water partition coefficient (Wildman–Crippen LogP) is 4.31. The van der Waals surface area contributed by atoms with Gasteiger partial charge in [-0.1, -0.05) is 23.7 Å². The fraction of sp³-hybridized carbons (Fsp3) is 0.538. The normalized spacial score (nSPS) is 13.8. The van der Waals surface area contributed by atoms with Crippen molar-refractivity contribution in [2.75, 3.05) is 7.11 Å². The van der Waals surface area contributed by atoms with Crippen LogP contribution in [0.4, 0.5) is 0 Å². The van der Waals surface area contributed by atoms with Crippen molar-refractivity contribution in [3.05, 3.63) is 33.3 Å². The first kappa shape index (κ1) is 15.0. The Balaban J connectivity index is 2.71. The maximum Gasteiger partial charge on any atom is 0.0623 e. The zero-order chi connectivity index (χ0) is 13.1. The minimum atomic E-state index is -0.143. The van der Waals surface area contributed by atoms with Crippen molar-refractivity contribution in [2.45, 2.75) is 38.3 Å². The van der Waals surface area contributed by atoms with E-state index in [4.69, 9.17) is 22.1 Å². The lowest BCUT2D eigenvalue weighted by molar-refractivity contribution is 0.0125. The minimum Gasteiger partial charge on any atom is -0.379 e. The minimum absolute atomic E-state index is 0.0607. The first-order valence-electron chi connectivity index (χ1n) is 5.62. The quantitative estimate of drug-likeness (QED) is 0.877. The summed E-state index contributed by atoms with van der Waals surface area (Å²) in [6, 6.07) is 5.77. The van der Waals surface area contributed by atoms with Crippen LogP contribution in [0.1, 0.15) is 38.3 Å². The van der Waals surface area contributed by atoms with E-state index in [0.717, 1.165) is 22.9 Å². The Labute approximate surface area is 117 Å². The first-order chi connectivity index (χ1) is 7.87. The average Bonchev–Trinajstić information content (AvgIpc) is 2.30. The van der Waals surface area contributed by atoms with Crippen molar-refractivity contribution in [2.24, 2.45) is 5.73 Å². The van der Waals surface area contributed by atoms with Crippen LogP contribution in [0, 0.1) is 0 Å². The van der Waals surface area contributed by atoms with E-state index in [0.29, 0.717) is 5.02 Å². The summed E-state index contributed by atoms with van der Waals surface area (Å²) in [6.07, 6.45) is 1.74. The maximum atomic E-state index is 6.21. The van der Waals surface area contributed by atoms with Crippen molar-refractivity contribution < 1.29 is 4.74 Å². The smallest absolute Gasteiger partial charge is 0.0623 e. The van der Waals surface area contributed by atoms with Gasteiger partial charge in [-0.2, -0.15) is 0 Å². The molecule has 0 heterocycles. The lowest BCUT2D eigenvalue weighted by atomic mass is 9.95. The van der Waals surface area contributed by atoms with Gasteiger partial charge in [0.05, 0.1) is 10.6 Å². The molecule has 0 aromatic heterocycles. The zero-order valence-electron chi connectivity index (χ0n) is 10.5. The Morgan fingerprint density at radius 3 is 2.71 bits per heavy atom. The molecule has 17 heavy (non-hydrogen) atoms. The SMILES string of the molecule is COC(C)(C)CCC(N)c1cccc(Br)c1Cl. The molecule has 0 aliphatic rings. The van der Waals surface area contributed by atoms with Crippen LogP contribution in [0.5, 0.6) is 0 Å². The van der Waals surface area contributed by atoms with Crippen molar-refractivity contribution in [3.63, 3.8) is 0 Å². The van der Waals surface area contributed by atoms with Crippen molar-refractivity contribution in [1.82, 2.24) is 0 Å². The Hall–Kier alpha value is -0.0900. The van der Waals surface area contributed by atoms with Crippen molar-refractivity contribution in [3.8, 4) is 0 Å². The molecule has 0 spiro atoms. The van der Waals surface area contributed by atoms with E-state index >= 15 is 0 Å². The third kappa shape index (κ3) is 4.25. The molecule has 0 radical (unpaired) electrons. The molecule has 4 heteroatoms. The van der Waals surface area contributed by atoms with E-state index in [2.05, 4.69) is 29.8 Å². The Morgan fingerprint density at radius 2 is 2.12 bits per heavy atom. The lowest BCUT2D eigenvalue weighted by Gasteiger charge is -2.25. The summed E-state index contributed by atoms with van der Waals surface area (Å²) in [7, 11) is 1.72. The van der Waals surface area contributed by atoms with Crippen LogP contribution in [0.3, 0.4) is 0 Å². The molecule has 1 rings (SSSR count). The third-order valence-electron chi connectivity index (χ3n) is 2.99. The summed E-state index contributed by atoms with van der Waals surface area (Å²) >= 11 is 9.62. The highest BCUT2D eigenvalue weighted by Crippen LogP contribution is 2.32. The van der Waals surface area contributed by atoms with E-state index in [1.807, 2.05) is 18.2 Å². The highest BCUT2D eigenvalue weighted by Gasteiger charge is 2.19. The zero-order valence-corrected chi connectivity index (χ0v) is 12.8. The Kier molecular flexibility index (Phi) is 5.45. The summed E-state index contributed by atoms with van der Waals surface area (Å²) in [5, 5.41) is 0.704. The fourth-order valence-electron chi connectivity index (χ4n) is 1.57. The average molecular weight is 321 g/mol. The van der Waals surface area contributed by atoms with Gasteiger partial charge in [0.1, 0.15) is 0 Å². The summed E-state index contributed by atoms with van der Waals surface area (Å²) in [5.74, 6) is 0. The van der Waals surface area contributed by atoms with Gasteiger partial charge in [-0.15, -0.1) is 0 Å². The predicted molar refractivity (Wildman–Crippen MR) is 76.4 cm³/mol. The number of nitrogens with two attached hydrogens (primary N) is 1. The summed E-state index contributed by atoms with van der Waals surface area (Å²) in [5.41, 5.74) is 7.00. The van der Waals surface area contributed by atoms with Gasteiger partial charge in [0.25, 0.3) is 0 Å². The van der Waals surface area contributed by atoms with Crippen molar-refractivity contribution in [1.29, 1.82) is 0 Å². The van der Waals surface area contributed by atoms with Gasteiger partial charge >= 0.3 is 0 Å². The first-order valence-corrected chi connectivity index (χ1v) is 6.79. The van der Waals surface area contributed by atoms with Crippen LogP contribution >= 0.6 is 27.5 Å². The van der Waals surface area contributed by atoms with Crippen LogP contribution in [0.15, 0.2) is 22.7 Å². The van der Waals surface area contributed by atoms with Gasteiger partial charge in [0.15, 0.2) is 0 Å². The van der Waals surface area contributed by atoms with Crippen LogP contribution in [0.2, 0.25) is 5.02 Å². The van der Waals surface area contributed by atoms with Crippen LogP contribution in [0.25, 0.3) is 0 Å². The van der Waals surface area contributed by atoms with Gasteiger partial charge in [-0.05, 0) is 54.2 Å². The molecule has 2 nitrogen and oxygen atoms in total. The molecule has 2 N–H and O–H groups in total. The molecule has 1 aromatic rings. The number of hydrogen-bond donors (Lipinski definition) is 1. The fourth-order valence-corrected chi connectivity index (χ4v) is 2.22. The lowest BCUT2D eigenvalue weighted by Crippen LogP contribution is -2.24. The van der Waals surface area contributed by atoms with Gasteiger partial charge < -0.3 is 10.5 Å². The topological polar surface area (TPSA) is 35.2 Å². The molecule has 0 saturated carbocycles. The van der Waals surface area contributed by atoms with Crippen molar-refractivity contribution >= 4 is 27.5 Å². The summed E-state index contributed by atoms with van der Waals surface area (Å²) in [6.45, 7) is 4.12. The van der Waals surface area contributed by atoms with E-state index in [1.54, 1.807) is 7.11 Å². The second-order valence-corrected chi connectivity index (χ2v) is 5.98. The molecule has 1 atom stereocenters. The van der Waals surface area contributed by atoms with E-state index in [1.165, 1.54) is 0 Å². The van der Waals surface area contributed by atoms with Crippen LogP contribution in [-0.2, 0) is 4.74 Å². The highest BCUT2D eigenvalue weighted by molar-refractivity contribution is 9.10. The molecule has 1 unspecified atom stereocenters. The molecule has 0 aliphatic carbocycles. The molecular formula is C13H19BrClNO. The molecule has 0 fully saturated rings. The highest BCUT2D eigenvalue weighted by atomic mass is 79.9. The molecule has 96 valence electrons. The number of benzene rings is 1. The van der Waals surface area contributed by atoms with E-state index in [9.17, 15) is 0 Å². The number of halogens is 2. The molecule has 0 aliphatic heterocycles. The summed E-state index contributed by atoms with van der Waals surface area (Å²) < 4.78 is 6.27. The maximum absolute atomic E-state index is 6.21.